The van der Waals surface area contributed by atoms with Crippen molar-refractivity contribution in [2.45, 2.75) is 51.5 Å². The van der Waals surface area contributed by atoms with Crippen LogP contribution in [0.5, 0.6) is 0 Å². The van der Waals surface area contributed by atoms with Crippen LogP contribution in [0.15, 0.2) is 29.4 Å². The van der Waals surface area contributed by atoms with E-state index < -0.39 is 0 Å². The highest BCUT2D eigenvalue weighted by Crippen LogP contribution is 2.58. The Kier molecular flexibility index (Phi) is 3.61. The molecule has 0 spiro atoms. The lowest BCUT2D eigenvalue weighted by Gasteiger charge is -2.32. The van der Waals surface area contributed by atoms with Gasteiger partial charge in [-0.15, -0.1) is 0 Å². The molecule has 1 N–H and O–H groups in total. The molecule has 5 atom stereocenters. The van der Waals surface area contributed by atoms with Crippen LogP contribution in [0.3, 0.4) is 0 Å². The van der Waals surface area contributed by atoms with E-state index in [0.717, 1.165) is 47.9 Å². The summed E-state index contributed by atoms with van der Waals surface area (Å²) in [6.07, 6.45) is 7.82. The maximum Gasteiger partial charge on any atom is 0.251 e. The largest absolute Gasteiger partial charge is 0.349 e. The second kappa shape index (κ2) is 5.86. The first-order valence-corrected chi connectivity index (χ1v) is 9.91. The quantitative estimate of drug-likeness (QED) is 0.911. The molecule has 0 radical (unpaired) electrons. The van der Waals surface area contributed by atoms with Gasteiger partial charge < -0.3 is 5.32 Å². The van der Waals surface area contributed by atoms with Gasteiger partial charge in [-0.3, -0.25) is 9.80 Å². The fourth-order valence-electron chi connectivity index (χ4n) is 6.03. The Hall–Kier alpha value is -1.84. The average molecular weight is 337 g/mol. The summed E-state index contributed by atoms with van der Waals surface area (Å²) in [5.74, 6) is 3.58. The summed E-state index contributed by atoms with van der Waals surface area (Å²) >= 11 is 0. The number of hydrogen-bond donors (Lipinski definition) is 1. The van der Waals surface area contributed by atoms with E-state index >= 15 is 0 Å². The van der Waals surface area contributed by atoms with Crippen molar-refractivity contribution in [2.24, 2.45) is 28.8 Å². The molecule has 2 bridgehead atoms. The first-order valence-electron chi connectivity index (χ1n) is 9.91. The van der Waals surface area contributed by atoms with Gasteiger partial charge in [0.25, 0.3) is 5.91 Å². The molecule has 3 aliphatic carbocycles. The van der Waals surface area contributed by atoms with Crippen molar-refractivity contribution >= 4 is 17.3 Å². The summed E-state index contributed by atoms with van der Waals surface area (Å²) in [5, 5.41) is 9.90. The first-order chi connectivity index (χ1) is 12.2. The Morgan fingerprint density at radius 2 is 1.92 bits per heavy atom. The van der Waals surface area contributed by atoms with E-state index in [9.17, 15) is 4.79 Å². The van der Waals surface area contributed by atoms with Crippen LogP contribution in [0.4, 0.5) is 5.69 Å². The van der Waals surface area contributed by atoms with Crippen LogP contribution in [0.2, 0.25) is 0 Å². The first kappa shape index (κ1) is 15.4. The van der Waals surface area contributed by atoms with E-state index in [0.29, 0.717) is 6.04 Å². The van der Waals surface area contributed by atoms with Crippen LogP contribution >= 0.6 is 0 Å². The van der Waals surface area contributed by atoms with Crippen LogP contribution in [0.25, 0.3) is 0 Å². The Bertz CT molecular complexity index is 710. The van der Waals surface area contributed by atoms with Crippen molar-refractivity contribution < 1.29 is 4.79 Å². The van der Waals surface area contributed by atoms with E-state index in [1.165, 1.54) is 37.8 Å². The molecule has 4 heteroatoms. The lowest BCUT2D eigenvalue weighted by Crippen LogP contribution is -2.42. The van der Waals surface area contributed by atoms with Gasteiger partial charge >= 0.3 is 0 Å². The molecule has 5 rings (SSSR count). The van der Waals surface area contributed by atoms with Gasteiger partial charge in [0.05, 0.1) is 5.69 Å². The number of fused-ring (bicyclic) bond motifs is 5. The van der Waals surface area contributed by atoms with Crippen molar-refractivity contribution in [3.05, 3.63) is 29.8 Å². The van der Waals surface area contributed by atoms with Crippen LogP contribution in [-0.4, -0.2) is 24.2 Å². The highest BCUT2D eigenvalue weighted by molar-refractivity contribution is 5.95. The molecule has 0 unspecified atom stereocenters. The second-order valence-electron chi connectivity index (χ2n) is 8.49. The summed E-state index contributed by atoms with van der Waals surface area (Å²) in [7, 11) is 0. The van der Waals surface area contributed by atoms with Crippen molar-refractivity contribution in [1.82, 2.24) is 5.32 Å². The lowest BCUT2D eigenvalue weighted by molar-refractivity contribution is 0.0901. The summed E-state index contributed by atoms with van der Waals surface area (Å²) in [6.45, 7) is 3.00. The minimum atomic E-state index is 0.0970. The van der Waals surface area contributed by atoms with Gasteiger partial charge in [0.1, 0.15) is 0 Å². The van der Waals surface area contributed by atoms with Gasteiger partial charge in [0.2, 0.25) is 0 Å². The maximum absolute atomic E-state index is 12.7. The Morgan fingerprint density at radius 3 is 2.68 bits per heavy atom. The summed E-state index contributed by atoms with van der Waals surface area (Å²) in [6, 6.07) is 8.33. The molecule has 25 heavy (non-hydrogen) atoms. The predicted molar refractivity (Wildman–Crippen MR) is 99.8 cm³/mol. The zero-order valence-electron chi connectivity index (χ0n) is 14.9. The minimum Gasteiger partial charge on any atom is -0.349 e. The monoisotopic (exact) mass is 337 g/mol. The molecule has 3 fully saturated rings. The molecule has 0 saturated heterocycles. The molecule has 132 valence electrons. The molecule has 3 saturated carbocycles. The third-order valence-corrected chi connectivity index (χ3v) is 7.15. The molecular weight excluding hydrogens is 310 g/mol. The number of carbonyl (C=O) groups excluding carboxylic acids is 1. The molecule has 1 aromatic carbocycles. The molecule has 0 aromatic heterocycles. The number of amides is 1. The van der Waals surface area contributed by atoms with Crippen LogP contribution in [-0.2, 0) is 0 Å². The van der Waals surface area contributed by atoms with Crippen LogP contribution in [0.1, 0.15) is 55.8 Å². The third-order valence-electron chi connectivity index (χ3n) is 7.15. The number of benzene rings is 1. The number of hydrogen-bond acceptors (Lipinski definition) is 3. The predicted octanol–water partition coefficient (Wildman–Crippen LogP) is 3.83. The van der Waals surface area contributed by atoms with E-state index in [2.05, 4.69) is 17.3 Å². The number of hydrazone groups is 1. The van der Waals surface area contributed by atoms with Crippen molar-refractivity contribution in [2.75, 3.05) is 11.6 Å². The smallest absolute Gasteiger partial charge is 0.251 e. The molecule has 1 heterocycles. The molecule has 4 nitrogen and oxygen atoms in total. The Labute approximate surface area is 149 Å². The van der Waals surface area contributed by atoms with Gasteiger partial charge in [0, 0.05) is 30.3 Å². The fraction of sp³-hybridized carbons (Fsp3) is 0.619. The second-order valence-corrected chi connectivity index (χ2v) is 8.49. The highest BCUT2D eigenvalue weighted by Gasteiger charge is 2.54. The van der Waals surface area contributed by atoms with Gasteiger partial charge in [0.15, 0.2) is 0 Å². The molecule has 4 aliphatic rings. The van der Waals surface area contributed by atoms with E-state index in [-0.39, 0.29) is 5.91 Å². The zero-order chi connectivity index (χ0) is 17.0. The SMILES string of the molecule is CC1=NN(c2ccc(C(=O)N[C@@H]3C[C@H]4C[C@H]3[C@@H]3CCC[C@@H]43)cc2)CC1. The van der Waals surface area contributed by atoms with Gasteiger partial charge in [-0.25, -0.2) is 0 Å². The minimum absolute atomic E-state index is 0.0970. The summed E-state index contributed by atoms with van der Waals surface area (Å²) in [4.78, 5) is 12.7. The van der Waals surface area contributed by atoms with E-state index in [4.69, 9.17) is 0 Å². The number of rotatable bonds is 3. The third kappa shape index (κ3) is 2.57. The zero-order valence-corrected chi connectivity index (χ0v) is 14.9. The van der Waals surface area contributed by atoms with Gasteiger partial charge in [-0.05, 0) is 80.5 Å². The topological polar surface area (TPSA) is 44.7 Å². The average Bonchev–Trinajstić information content (AvgIpc) is 3.36. The van der Waals surface area contributed by atoms with E-state index in [1.807, 2.05) is 29.3 Å². The lowest BCUT2D eigenvalue weighted by atomic mass is 9.79. The highest BCUT2D eigenvalue weighted by atomic mass is 16.1. The number of nitrogens with zero attached hydrogens (tertiary/aromatic N) is 2. The molecular formula is C21H27N3O. The number of carbonyl (C=O) groups is 1. The van der Waals surface area contributed by atoms with Crippen molar-refractivity contribution in [3.8, 4) is 0 Å². The van der Waals surface area contributed by atoms with Crippen molar-refractivity contribution in [3.63, 3.8) is 0 Å². The summed E-state index contributed by atoms with van der Waals surface area (Å²) in [5.41, 5.74) is 3.01. The van der Waals surface area contributed by atoms with E-state index in [1.54, 1.807) is 0 Å². The van der Waals surface area contributed by atoms with Gasteiger partial charge in [-0.2, -0.15) is 5.10 Å². The maximum atomic E-state index is 12.7. The normalized spacial score (nSPS) is 35.8. The van der Waals surface area contributed by atoms with Gasteiger partial charge in [-0.1, -0.05) is 6.42 Å². The molecule has 1 aromatic rings. The van der Waals surface area contributed by atoms with Crippen LogP contribution < -0.4 is 10.3 Å². The fourth-order valence-corrected chi connectivity index (χ4v) is 6.03. The standard InChI is InChI=1S/C21H27N3O/c1-13-9-10-24(23-13)16-7-5-14(6-8-16)21(25)22-20-12-15-11-19(20)18-4-2-3-17(15)18/h5-8,15,17-20H,2-4,9-12H2,1H3,(H,22,25)/t15-,17+,18-,19+,20-/m1/s1. The Morgan fingerprint density at radius 1 is 1.12 bits per heavy atom. The number of anilines is 1. The van der Waals surface area contributed by atoms with Crippen LogP contribution in [0, 0.1) is 23.7 Å². The molecule has 1 aliphatic heterocycles. The molecule has 1 amide bonds. The Balaban J connectivity index is 1.25. The van der Waals surface area contributed by atoms with Crippen molar-refractivity contribution in [1.29, 1.82) is 0 Å². The summed E-state index contributed by atoms with van der Waals surface area (Å²) < 4.78 is 0. The number of nitrogens with one attached hydrogen (secondary N) is 1.